The van der Waals surface area contributed by atoms with E-state index in [0.717, 1.165) is 16.5 Å². The number of hydrogen-bond acceptors (Lipinski definition) is 6. The highest BCUT2D eigenvalue weighted by atomic mass is 32.1. The van der Waals surface area contributed by atoms with E-state index in [4.69, 9.17) is 5.73 Å². The first kappa shape index (κ1) is 27.5. The number of aliphatic carboxylic acids is 1. The van der Waals surface area contributed by atoms with Crippen molar-refractivity contribution < 1.29 is 24.3 Å². The number of rotatable bonds is 11. The number of fused-ring (bicyclic) bond motifs is 1. The van der Waals surface area contributed by atoms with Gasteiger partial charge in [-0.2, -0.15) is 12.6 Å². The molecule has 0 saturated carbocycles. The fourth-order valence-electron chi connectivity index (χ4n) is 4.57. The predicted molar refractivity (Wildman–Crippen MR) is 140 cm³/mol. The minimum absolute atomic E-state index is 0.0747. The molecule has 0 aliphatic carbocycles. The number of likely N-dealkylation sites (tertiary alicyclic amines) is 1. The number of nitrogens with zero attached hydrogens (tertiary/aromatic N) is 1. The van der Waals surface area contributed by atoms with E-state index in [1.165, 1.54) is 4.90 Å². The van der Waals surface area contributed by atoms with Crippen molar-refractivity contribution in [3.05, 3.63) is 36.0 Å². The van der Waals surface area contributed by atoms with Crippen LogP contribution in [0.15, 0.2) is 30.5 Å². The van der Waals surface area contributed by atoms with Crippen LogP contribution in [-0.2, 0) is 25.6 Å². The van der Waals surface area contributed by atoms with Crippen LogP contribution in [0.25, 0.3) is 10.9 Å². The Labute approximate surface area is 215 Å². The van der Waals surface area contributed by atoms with Crippen molar-refractivity contribution in [1.82, 2.24) is 20.5 Å². The van der Waals surface area contributed by atoms with Gasteiger partial charge in [-0.05, 0) is 36.8 Å². The number of carbonyl (C=O) groups excluding carboxylic acids is 3. The molecular weight excluding hydrogens is 482 g/mol. The molecule has 196 valence electrons. The molecule has 1 aliphatic heterocycles. The van der Waals surface area contributed by atoms with E-state index in [2.05, 4.69) is 28.2 Å². The van der Waals surface area contributed by atoms with Gasteiger partial charge in [0.05, 0.1) is 6.04 Å². The molecule has 2 heterocycles. The summed E-state index contributed by atoms with van der Waals surface area (Å²) in [6, 6.07) is 3.96. The molecule has 1 saturated heterocycles. The molecule has 4 atom stereocenters. The third kappa shape index (κ3) is 6.58. The summed E-state index contributed by atoms with van der Waals surface area (Å²) in [4.78, 5) is 55.5. The maximum absolute atomic E-state index is 13.7. The number of benzene rings is 1. The van der Waals surface area contributed by atoms with Crippen molar-refractivity contribution in [2.24, 2.45) is 11.7 Å². The van der Waals surface area contributed by atoms with Crippen LogP contribution in [0.4, 0.5) is 0 Å². The van der Waals surface area contributed by atoms with Gasteiger partial charge >= 0.3 is 5.97 Å². The topological polar surface area (TPSA) is 158 Å². The highest BCUT2D eigenvalue weighted by molar-refractivity contribution is 7.80. The third-order valence-electron chi connectivity index (χ3n) is 6.41. The SMILES string of the molecule is CC(C)CC(N)C(=O)NC(Cc1c[nH]c2ccccc12)C(=O)N1CCCC1C(=O)NC(CS)C(=O)O. The number of carbonyl (C=O) groups is 4. The summed E-state index contributed by atoms with van der Waals surface area (Å²) in [7, 11) is 0. The normalized spacial score (nSPS) is 18.1. The van der Waals surface area contributed by atoms with Crippen molar-refractivity contribution >= 4 is 47.2 Å². The summed E-state index contributed by atoms with van der Waals surface area (Å²) in [5.74, 6) is -2.44. The number of amides is 3. The second-order valence-electron chi connectivity index (χ2n) is 9.63. The first-order chi connectivity index (χ1) is 17.1. The monoisotopic (exact) mass is 517 g/mol. The van der Waals surface area contributed by atoms with Gasteiger partial charge in [-0.15, -0.1) is 0 Å². The zero-order chi connectivity index (χ0) is 26.4. The second-order valence-corrected chi connectivity index (χ2v) is 10.00. The van der Waals surface area contributed by atoms with Crippen LogP contribution in [0.5, 0.6) is 0 Å². The quantitative estimate of drug-likeness (QED) is 0.245. The van der Waals surface area contributed by atoms with Crippen LogP contribution in [0.3, 0.4) is 0 Å². The Morgan fingerprint density at radius 3 is 2.58 bits per heavy atom. The third-order valence-corrected chi connectivity index (χ3v) is 6.78. The Balaban J connectivity index is 1.84. The van der Waals surface area contributed by atoms with Gasteiger partial charge in [-0.3, -0.25) is 14.4 Å². The van der Waals surface area contributed by atoms with E-state index < -0.39 is 47.9 Å². The van der Waals surface area contributed by atoms with Gasteiger partial charge in [-0.1, -0.05) is 32.0 Å². The molecule has 1 aromatic carbocycles. The Hall–Kier alpha value is -3.05. The molecule has 1 aromatic heterocycles. The average molecular weight is 518 g/mol. The van der Waals surface area contributed by atoms with Crippen LogP contribution in [0.2, 0.25) is 0 Å². The van der Waals surface area contributed by atoms with Crippen LogP contribution < -0.4 is 16.4 Å². The summed E-state index contributed by atoms with van der Waals surface area (Å²) in [6.45, 7) is 4.25. The molecule has 10 nitrogen and oxygen atoms in total. The number of carboxylic acids is 1. The van der Waals surface area contributed by atoms with Gasteiger partial charge in [-0.25, -0.2) is 4.79 Å². The van der Waals surface area contributed by atoms with Gasteiger partial charge in [0.2, 0.25) is 17.7 Å². The van der Waals surface area contributed by atoms with Crippen LogP contribution >= 0.6 is 12.6 Å². The van der Waals surface area contributed by atoms with E-state index in [1.807, 2.05) is 44.3 Å². The molecule has 2 aromatic rings. The fourth-order valence-corrected chi connectivity index (χ4v) is 4.82. The molecule has 0 spiro atoms. The first-order valence-corrected chi connectivity index (χ1v) is 12.8. The Morgan fingerprint density at radius 1 is 1.19 bits per heavy atom. The largest absolute Gasteiger partial charge is 0.480 e. The van der Waals surface area contributed by atoms with Crippen molar-refractivity contribution in [3.63, 3.8) is 0 Å². The van der Waals surface area contributed by atoms with E-state index in [9.17, 15) is 24.3 Å². The Kier molecular flexibility index (Phi) is 9.38. The Bertz CT molecular complexity index is 1100. The van der Waals surface area contributed by atoms with E-state index in [0.29, 0.717) is 25.8 Å². The highest BCUT2D eigenvalue weighted by Gasteiger charge is 2.39. The maximum atomic E-state index is 13.7. The predicted octanol–water partition coefficient (Wildman–Crippen LogP) is 1.06. The first-order valence-electron chi connectivity index (χ1n) is 12.2. The summed E-state index contributed by atoms with van der Waals surface area (Å²) in [5.41, 5.74) is 7.85. The number of para-hydroxylation sites is 1. The lowest BCUT2D eigenvalue weighted by Crippen LogP contribution is -2.57. The van der Waals surface area contributed by atoms with Gasteiger partial charge in [0.1, 0.15) is 18.1 Å². The van der Waals surface area contributed by atoms with Crippen LogP contribution in [0.1, 0.15) is 38.7 Å². The molecule has 1 aliphatic rings. The molecular formula is C25H35N5O5S. The van der Waals surface area contributed by atoms with Crippen molar-refractivity contribution in [2.45, 2.75) is 63.7 Å². The smallest absolute Gasteiger partial charge is 0.327 e. The number of aromatic nitrogens is 1. The minimum Gasteiger partial charge on any atom is -0.480 e. The van der Waals surface area contributed by atoms with E-state index in [1.54, 1.807) is 0 Å². The number of nitrogens with two attached hydrogens (primary N) is 1. The molecule has 36 heavy (non-hydrogen) atoms. The maximum Gasteiger partial charge on any atom is 0.327 e. The lowest BCUT2D eigenvalue weighted by molar-refractivity contribution is -0.144. The number of carboxylic acid groups (broad SMARTS) is 1. The minimum atomic E-state index is -1.20. The van der Waals surface area contributed by atoms with Crippen molar-refractivity contribution in [1.29, 1.82) is 0 Å². The number of hydrogen-bond donors (Lipinski definition) is 6. The summed E-state index contributed by atoms with van der Waals surface area (Å²) >= 11 is 3.99. The van der Waals surface area contributed by atoms with Crippen LogP contribution in [-0.4, -0.2) is 75.1 Å². The van der Waals surface area contributed by atoms with E-state index >= 15 is 0 Å². The van der Waals surface area contributed by atoms with Crippen molar-refractivity contribution in [2.75, 3.05) is 12.3 Å². The molecule has 3 rings (SSSR count). The van der Waals surface area contributed by atoms with Gasteiger partial charge in [0.15, 0.2) is 0 Å². The zero-order valence-electron chi connectivity index (χ0n) is 20.6. The van der Waals surface area contributed by atoms with Gasteiger partial charge in [0, 0.05) is 35.8 Å². The Morgan fingerprint density at radius 2 is 1.92 bits per heavy atom. The highest BCUT2D eigenvalue weighted by Crippen LogP contribution is 2.23. The standard InChI is InChI=1S/C25H35N5O5S/c1-14(2)10-17(26)22(31)28-19(11-15-12-27-18-7-4-3-6-16(15)18)24(33)30-9-5-8-21(30)23(32)29-20(13-36)25(34)35/h3-4,6-7,12,14,17,19-21,27,36H,5,8-11,13,26H2,1-2H3,(H,28,31)(H,29,32)(H,34,35). The van der Waals surface area contributed by atoms with Crippen LogP contribution in [0, 0.1) is 5.92 Å². The molecule has 6 N–H and O–H groups in total. The molecule has 4 unspecified atom stereocenters. The fraction of sp³-hybridized carbons (Fsp3) is 0.520. The summed E-state index contributed by atoms with van der Waals surface area (Å²) < 4.78 is 0. The average Bonchev–Trinajstić information content (AvgIpc) is 3.48. The molecule has 11 heteroatoms. The number of nitrogens with one attached hydrogen (secondary N) is 3. The second kappa shape index (κ2) is 12.3. The zero-order valence-corrected chi connectivity index (χ0v) is 21.5. The van der Waals surface area contributed by atoms with Gasteiger partial charge < -0.3 is 31.4 Å². The summed E-state index contributed by atoms with van der Waals surface area (Å²) in [5, 5.41) is 15.5. The molecule has 1 fully saturated rings. The molecule has 3 amide bonds. The van der Waals surface area contributed by atoms with Gasteiger partial charge in [0.25, 0.3) is 0 Å². The number of thiol groups is 1. The van der Waals surface area contributed by atoms with Crippen molar-refractivity contribution in [3.8, 4) is 0 Å². The molecule has 0 radical (unpaired) electrons. The summed E-state index contributed by atoms with van der Waals surface area (Å²) in [6.07, 6.45) is 3.47. The molecule has 0 bridgehead atoms. The van der Waals surface area contributed by atoms with E-state index in [-0.39, 0.29) is 18.1 Å². The number of H-pyrrole nitrogens is 1. The lowest BCUT2D eigenvalue weighted by Gasteiger charge is -2.30. The number of aromatic amines is 1. The lowest BCUT2D eigenvalue weighted by atomic mass is 10.0.